The van der Waals surface area contributed by atoms with Crippen molar-refractivity contribution in [2.45, 2.75) is 38.0 Å². The van der Waals surface area contributed by atoms with Crippen LogP contribution in [0.1, 0.15) is 43.6 Å². The topological polar surface area (TPSA) is 39.1 Å². The summed E-state index contributed by atoms with van der Waals surface area (Å²) in [4.78, 5) is 1.78. The van der Waals surface area contributed by atoms with Crippen LogP contribution in [0, 0.1) is 11.3 Å². The molecule has 1 saturated carbocycles. The Morgan fingerprint density at radius 1 is 1.38 bits per heavy atom. The van der Waals surface area contributed by atoms with E-state index in [1.165, 1.54) is 37.7 Å². The molecule has 1 fully saturated rings. The molecule has 4 heteroatoms. The van der Waals surface area contributed by atoms with Crippen molar-refractivity contribution in [1.29, 1.82) is 5.41 Å². The SMILES string of the molecule is CNc1cccc(C(C(=N)N(C)C=S)C2CCCCC2)c1. The van der Waals surface area contributed by atoms with Gasteiger partial charge in [-0.1, -0.05) is 43.6 Å². The van der Waals surface area contributed by atoms with Crippen molar-refractivity contribution >= 4 is 29.2 Å². The van der Waals surface area contributed by atoms with E-state index in [2.05, 4.69) is 29.6 Å². The molecule has 1 atom stereocenters. The van der Waals surface area contributed by atoms with Gasteiger partial charge in [0.05, 0.1) is 5.49 Å². The first-order valence-corrected chi connectivity index (χ1v) is 8.18. The Morgan fingerprint density at radius 3 is 2.71 bits per heavy atom. The first-order valence-electron chi connectivity index (χ1n) is 7.71. The first kappa shape index (κ1) is 16.0. The van der Waals surface area contributed by atoms with Crippen LogP contribution < -0.4 is 5.32 Å². The van der Waals surface area contributed by atoms with Crippen LogP contribution in [0.4, 0.5) is 5.69 Å². The number of anilines is 1. The van der Waals surface area contributed by atoms with Gasteiger partial charge in [0, 0.05) is 25.7 Å². The van der Waals surface area contributed by atoms with Gasteiger partial charge in [0.1, 0.15) is 5.84 Å². The van der Waals surface area contributed by atoms with E-state index in [9.17, 15) is 0 Å². The van der Waals surface area contributed by atoms with Crippen LogP contribution in [0.2, 0.25) is 0 Å². The van der Waals surface area contributed by atoms with E-state index < -0.39 is 0 Å². The summed E-state index contributed by atoms with van der Waals surface area (Å²) in [6, 6.07) is 8.45. The molecular weight excluding hydrogens is 278 g/mol. The molecular formula is C17H25N3S. The predicted octanol–water partition coefficient (Wildman–Crippen LogP) is 4.26. The average molecular weight is 303 g/mol. The van der Waals surface area contributed by atoms with Crippen LogP contribution in [0.15, 0.2) is 24.3 Å². The van der Waals surface area contributed by atoms with Crippen molar-refractivity contribution in [3.05, 3.63) is 29.8 Å². The van der Waals surface area contributed by atoms with E-state index in [1.807, 2.05) is 14.1 Å². The predicted molar refractivity (Wildman–Crippen MR) is 94.4 cm³/mol. The van der Waals surface area contributed by atoms with E-state index in [4.69, 9.17) is 17.6 Å². The van der Waals surface area contributed by atoms with Crippen molar-refractivity contribution in [3.8, 4) is 0 Å². The summed E-state index contributed by atoms with van der Waals surface area (Å²) in [6.45, 7) is 0. The van der Waals surface area contributed by atoms with Crippen LogP contribution >= 0.6 is 12.2 Å². The largest absolute Gasteiger partial charge is 0.388 e. The van der Waals surface area contributed by atoms with Crippen LogP contribution in [0.5, 0.6) is 0 Å². The van der Waals surface area contributed by atoms with Crippen molar-refractivity contribution in [1.82, 2.24) is 4.90 Å². The molecule has 0 aromatic heterocycles. The van der Waals surface area contributed by atoms with Crippen molar-refractivity contribution in [2.24, 2.45) is 5.92 Å². The molecule has 21 heavy (non-hydrogen) atoms. The Balaban J connectivity index is 2.33. The Morgan fingerprint density at radius 2 is 2.10 bits per heavy atom. The summed E-state index contributed by atoms with van der Waals surface area (Å²) in [7, 11) is 3.82. The van der Waals surface area contributed by atoms with Gasteiger partial charge in [-0.05, 0) is 36.5 Å². The van der Waals surface area contributed by atoms with E-state index in [0.29, 0.717) is 11.8 Å². The molecule has 114 valence electrons. The lowest BCUT2D eigenvalue weighted by atomic mass is 9.76. The second-order valence-corrected chi connectivity index (χ2v) is 6.06. The fourth-order valence-electron chi connectivity index (χ4n) is 3.28. The van der Waals surface area contributed by atoms with Crippen LogP contribution in [0.3, 0.4) is 0 Å². The van der Waals surface area contributed by atoms with Gasteiger partial charge in [-0.15, -0.1) is 0 Å². The number of nitrogens with zero attached hydrogens (tertiary/aromatic N) is 1. The molecule has 0 heterocycles. The molecule has 2 N–H and O–H groups in total. The van der Waals surface area contributed by atoms with Gasteiger partial charge in [0.15, 0.2) is 0 Å². The Bertz CT molecular complexity index is 495. The Labute approximate surface area is 133 Å². The lowest BCUT2D eigenvalue weighted by Crippen LogP contribution is -2.34. The normalized spacial score (nSPS) is 17.0. The molecule has 0 spiro atoms. The van der Waals surface area contributed by atoms with Gasteiger partial charge in [-0.2, -0.15) is 0 Å². The van der Waals surface area contributed by atoms with Crippen molar-refractivity contribution in [3.63, 3.8) is 0 Å². The van der Waals surface area contributed by atoms with Crippen LogP contribution in [-0.2, 0) is 0 Å². The smallest absolute Gasteiger partial charge is 0.108 e. The zero-order chi connectivity index (χ0) is 15.2. The van der Waals surface area contributed by atoms with Crippen LogP contribution in [0.25, 0.3) is 0 Å². The van der Waals surface area contributed by atoms with Crippen LogP contribution in [-0.4, -0.2) is 30.3 Å². The molecule has 0 aliphatic heterocycles. The minimum Gasteiger partial charge on any atom is -0.388 e. The molecule has 1 aliphatic rings. The lowest BCUT2D eigenvalue weighted by Gasteiger charge is -2.33. The van der Waals surface area contributed by atoms with Crippen molar-refractivity contribution in [2.75, 3.05) is 19.4 Å². The summed E-state index contributed by atoms with van der Waals surface area (Å²) in [5.41, 5.74) is 3.90. The fraction of sp³-hybridized carbons (Fsp3) is 0.529. The molecule has 1 aromatic rings. The summed E-state index contributed by atoms with van der Waals surface area (Å²) >= 11 is 5.02. The molecule has 1 unspecified atom stereocenters. The molecule has 0 amide bonds. The fourth-order valence-corrected chi connectivity index (χ4v) is 3.40. The van der Waals surface area contributed by atoms with E-state index in [-0.39, 0.29) is 5.92 Å². The van der Waals surface area contributed by atoms with Gasteiger partial charge in [-0.3, -0.25) is 5.41 Å². The molecule has 0 radical (unpaired) electrons. The van der Waals surface area contributed by atoms with E-state index in [0.717, 1.165) is 5.69 Å². The molecule has 1 aliphatic carbocycles. The monoisotopic (exact) mass is 303 g/mol. The number of hydrogen-bond donors (Lipinski definition) is 2. The highest BCUT2D eigenvalue weighted by Crippen LogP contribution is 2.37. The Kier molecular flexibility index (Phi) is 5.74. The third-order valence-electron chi connectivity index (χ3n) is 4.49. The number of likely N-dealkylation sites (N-methyl/N-ethyl adjacent to an activating group) is 1. The average Bonchev–Trinajstić information content (AvgIpc) is 2.55. The van der Waals surface area contributed by atoms with Gasteiger partial charge >= 0.3 is 0 Å². The van der Waals surface area contributed by atoms with Crippen molar-refractivity contribution < 1.29 is 0 Å². The summed E-state index contributed by atoms with van der Waals surface area (Å²) in [5, 5.41) is 11.8. The molecule has 0 saturated heterocycles. The number of thiocarbonyl (C=S) groups is 1. The lowest BCUT2D eigenvalue weighted by molar-refractivity contribution is 0.334. The molecule has 3 nitrogen and oxygen atoms in total. The quantitative estimate of drug-likeness (QED) is 0.485. The highest BCUT2D eigenvalue weighted by Gasteiger charge is 2.30. The molecule has 2 rings (SSSR count). The zero-order valence-electron chi connectivity index (χ0n) is 12.9. The number of benzene rings is 1. The summed E-state index contributed by atoms with van der Waals surface area (Å²) in [5.74, 6) is 1.31. The third kappa shape index (κ3) is 3.82. The second-order valence-electron chi connectivity index (χ2n) is 5.85. The summed E-state index contributed by atoms with van der Waals surface area (Å²) < 4.78 is 0. The highest BCUT2D eigenvalue weighted by molar-refractivity contribution is 7.78. The van der Waals surface area contributed by atoms with Gasteiger partial charge in [-0.25, -0.2) is 0 Å². The maximum Gasteiger partial charge on any atom is 0.108 e. The highest BCUT2D eigenvalue weighted by atomic mass is 32.1. The number of nitrogens with one attached hydrogen (secondary N) is 2. The second kappa shape index (κ2) is 7.55. The minimum absolute atomic E-state index is 0.141. The molecule has 0 bridgehead atoms. The van der Waals surface area contributed by atoms with Gasteiger partial charge in [0.25, 0.3) is 0 Å². The van der Waals surface area contributed by atoms with Gasteiger partial charge in [0.2, 0.25) is 0 Å². The van der Waals surface area contributed by atoms with Gasteiger partial charge < -0.3 is 10.2 Å². The van der Waals surface area contributed by atoms with E-state index in [1.54, 1.807) is 10.4 Å². The first-order chi connectivity index (χ1) is 10.2. The zero-order valence-corrected chi connectivity index (χ0v) is 13.7. The maximum absolute atomic E-state index is 8.56. The third-order valence-corrected chi connectivity index (χ3v) is 4.80. The standard InChI is InChI=1S/C17H25N3S/c1-19-15-10-6-9-14(11-15)16(17(18)20(2)12-21)13-7-4-3-5-8-13/h6,9-13,16,18-19H,3-5,7-8H2,1-2H3. The summed E-state index contributed by atoms with van der Waals surface area (Å²) in [6.07, 6.45) is 6.31. The van der Waals surface area contributed by atoms with E-state index >= 15 is 0 Å². The number of amidine groups is 1. The number of rotatable bonds is 5. The maximum atomic E-state index is 8.56. The number of hydrogen-bond acceptors (Lipinski definition) is 3. The molecule has 1 aromatic carbocycles. The minimum atomic E-state index is 0.141. The Hall–Kier alpha value is -1.42.